The van der Waals surface area contributed by atoms with Crippen LogP contribution in [0.1, 0.15) is 36.8 Å². The molecule has 1 aromatic rings. The molecule has 4 nitrogen and oxygen atoms in total. The van der Waals surface area contributed by atoms with E-state index in [1.54, 1.807) is 6.07 Å². The molecule has 0 aromatic heterocycles. The van der Waals surface area contributed by atoms with E-state index in [9.17, 15) is 9.59 Å². The van der Waals surface area contributed by atoms with Crippen molar-refractivity contribution in [1.82, 2.24) is 0 Å². The molecule has 0 saturated carbocycles. The fourth-order valence-electron chi connectivity index (χ4n) is 2.22. The van der Waals surface area contributed by atoms with E-state index in [1.165, 1.54) is 12.0 Å². The molecule has 0 unspecified atom stereocenters. The lowest BCUT2D eigenvalue weighted by Crippen LogP contribution is -2.13. The highest BCUT2D eigenvalue weighted by Gasteiger charge is 2.16. The van der Waals surface area contributed by atoms with Crippen LogP contribution in [0.2, 0.25) is 0 Å². The van der Waals surface area contributed by atoms with E-state index < -0.39 is 11.9 Å². The third kappa shape index (κ3) is 3.09. The van der Waals surface area contributed by atoms with Crippen molar-refractivity contribution < 1.29 is 19.4 Å². The fraction of sp³-hybridized carbons (Fsp3) is 0.429. The molecule has 0 spiro atoms. The molecule has 0 fully saturated rings. The quantitative estimate of drug-likeness (QED) is 0.656. The number of aryl methyl sites for hydroxylation is 1. The summed E-state index contributed by atoms with van der Waals surface area (Å²) in [6.07, 6.45) is 3.96. The van der Waals surface area contributed by atoms with Gasteiger partial charge in [0.1, 0.15) is 5.75 Å². The van der Waals surface area contributed by atoms with Gasteiger partial charge in [0.15, 0.2) is 0 Å². The molecule has 96 valence electrons. The van der Waals surface area contributed by atoms with Crippen molar-refractivity contribution in [2.75, 3.05) is 0 Å². The van der Waals surface area contributed by atoms with Gasteiger partial charge in [-0.15, -0.1) is 0 Å². The minimum absolute atomic E-state index is 0.0843. The Hall–Kier alpha value is -1.84. The first-order valence-electron chi connectivity index (χ1n) is 6.20. The smallest absolute Gasteiger partial charge is 0.311 e. The summed E-state index contributed by atoms with van der Waals surface area (Å²) in [6, 6.07) is 5.72. The lowest BCUT2D eigenvalue weighted by Gasteiger charge is -2.18. The molecule has 4 heteroatoms. The van der Waals surface area contributed by atoms with Crippen LogP contribution in [-0.4, -0.2) is 17.0 Å². The minimum atomic E-state index is -0.984. The Morgan fingerprint density at radius 3 is 2.72 bits per heavy atom. The Kier molecular flexibility index (Phi) is 3.97. The molecule has 0 bridgehead atoms. The molecule has 0 heterocycles. The zero-order valence-electron chi connectivity index (χ0n) is 10.1. The summed E-state index contributed by atoms with van der Waals surface area (Å²) in [6.45, 7) is 0. The van der Waals surface area contributed by atoms with Crippen molar-refractivity contribution in [1.29, 1.82) is 0 Å². The maximum Gasteiger partial charge on any atom is 0.311 e. The van der Waals surface area contributed by atoms with Gasteiger partial charge in [-0.2, -0.15) is 0 Å². The van der Waals surface area contributed by atoms with Crippen LogP contribution in [0.4, 0.5) is 0 Å². The molecule has 1 aliphatic carbocycles. The predicted molar refractivity (Wildman–Crippen MR) is 65.6 cm³/mol. The summed E-state index contributed by atoms with van der Waals surface area (Å²) in [5.41, 5.74) is 2.34. The molecule has 1 aromatic carbocycles. The lowest BCUT2D eigenvalue weighted by atomic mass is 9.91. The number of carboxylic acids is 1. The Balaban J connectivity index is 2.05. The van der Waals surface area contributed by atoms with Crippen molar-refractivity contribution in [3.8, 4) is 5.75 Å². The average Bonchev–Trinajstić information content (AvgIpc) is 2.37. The number of benzene rings is 1. The number of ether oxygens (including phenoxy) is 1. The zero-order valence-corrected chi connectivity index (χ0v) is 10.1. The van der Waals surface area contributed by atoms with E-state index >= 15 is 0 Å². The first-order chi connectivity index (χ1) is 8.66. The first kappa shape index (κ1) is 12.6. The molecular weight excluding hydrogens is 232 g/mol. The average molecular weight is 248 g/mol. The van der Waals surface area contributed by atoms with Crippen molar-refractivity contribution in [3.63, 3.8) is 0 Å². The third-order valence-corrected chi connectivity index (χ3v) is 3.12. The van der Waals surface area contributed by atoms with Crippen LogP contribution in [0.3, 0.4) is 0 Å². The molecule has 2 rings (SSSR count). The largest absolute Gasteiger partial charge is 0.481 e. The monoisotopic (exact) mass is 248 g/mol. The number of fused-ring (bicyclic) bond motifs is 1. The van der Waals surface area contributed by atoms with Crippen LogP contribution in [0.15, 0.2) is 18.2 Å². The second-order valence-electron chi connectivity index (χ2n) is 4.47. The summed E-state index contributed by atoms with van der Waals surface area (Å²) in [5.74, 6) is -0.860. The molecule has 0 amide bonds. The maximum absolute atomic E-state index is 11.5. The van der Waals surface area contributed by atoms with E-state index in [2.05, 4.69) is 6.07 Å². The Labute approximate surface area is 106 Å². The van der Waals surface area contributed by atoms with Crippen LogP contribution in [-0.2, 0) is 22.4 Å². The van der Waals surface area contributed by atoms with E-state index in [1.807, 2.05) is 6.07 Å². The molecule has 0 saturated heterocycles. The molecule has 18 heavy (non-hydrogen) atoms. The van der Waals surface area contributed by atoms with Gasteiger partial charge in [0.2, 0.25) is 0 Å². The van der Waals surface area contributed by atoms with Gasteiger partial charge < -0.3 is 9.84 Å². The van der Waals surface area contributed by atoms with E-state index in [4.69, 9.17) is 9.84 Å². The summed E-state index contributed by atoms with van der Waals surface area (Å²) >= 11 is 0. The molecule has 0 radical (unpaired) electrons. The first-order valence-corrected chi connectivity index (χ1v) is 6.20. The summed E-state index contributed by atoms with van der Waals surface area (Å²) < 4.78 is 5.26. The number of rotatable bonds is 4. The van der Waals surface area contributed by atoms with Crippen LogP contribution < -0.4 is 4.74 Å². The van der Waals surface area contributed by atoms with Crippen molar-refractivity contribution >= 4 is 11.9 Å². The number of aliphatic carboxylic acids is 1. The van der Waals surface area contributed by atoms with Crippen LogP contribution in [0.25, 0.3) is 0 Å². The topological polar surface area (TPSA) is 63.6 Å². The number of hydrogen-bond acceptors (Lipinski definition) is 3. The third-order valence-electron chi connectivity index (χ3n) is 3.12. The maximum atomic E-state index is 11.5. The number of carbonyl (C=O) groups excluding carboxylic acids is 1. The van der Waals surface area contributed by atoms with Gasteiger partial charge in [-0.3, -0.25) is 9.59 Å². The SMILES string of the molecule is O=C(O)CCC(=O)Oc1cccc2c1CCCC2. The summed E-state index contributed by atoms with van der Waals surface area (Å²) in [7, 11) is 0. The highest BCUT2D eigenvalue weighted by atomic mass is 16.5. The Morgan fingerprint density at radius 1 is 1.17 bits per heavy atom. The number of esters is 1. The van der Waals surface area contributed by atoms with E-state index in [0.29, 0.717) is 5.75 Å². The molecule has 0 atom stereocenters. The van der Waals surface area contributed by atoms with Crippen molar-refractivity contribution in [2.24, 2.45) is 0 Å². The fourth-order valence-corrected chi connectivity index (χ4v) is 2.22. The summed E-state index contributed by atoms with van der Waals surface area (Å²) in [4.78, 5) is 21.9. The van der Waals surface area contributed by atoms with Crippen LogP contribution in [0, 0.1) is 0 Å². The number of carboxylic acid groups (broad SMARTS) is 1. The Morgan fingerprint density at radius 2 is 1.94 bits per heavy atom. The van der Waals surface area contributed by atoms with Crippen LogP contribution >= 0.6 is 0 Å². The molecule has 1 N–H and O–H groups in total. The minimum Gasteiger partial charge on any atom is -0.481 e. The van der Waals surface area contributed by atoms with E-state index in [0.717, 1.165) is 24.8 Å². The highest BCUT2D eigenvalue weighted by Crippen LogP contribution is 2.29. The van der Waals surface area contributed by atoms with Gasteiger partial charge in [-0.25, -0.2) is 0 Å². The van der Waals surface area contributed by atoms with Crippen molar-refractivity contribution in [3.05, 3.63) is 29.3 Å². The van der Waals surface area contributed by atoms with Gasteiger partial charge in [-0.1, -0.05) is 12.1 Å². The summed E-state index contributed by atoms with van der Waals surface area (Å²) in [5, 5.41) is 8.51. The van der Waals surface area contributed by atoms with Gasteiger partial charge in [0.25, 0.3) is 0 Å². The van der Waals surface area contributed by atoms with Crippen molar-refractivity contribution in [2.45, 2.75) is 38.5 Å². The number of carbonyl (C=O) groups is 2. The van der Waals surface area contributed by atoms with Crippen LogP contribution in [0.5, 0.6) is 5.75 Å². The van der Waals surface area contributed by atoms with Gasteiger partial charge in [0, 0.05) is 0 Å². The zero-order chi connectivity index (χ0) is 13.0. The normalized spacial score (nSPS) is 13.8. The second-order valence-corrected chi connectivity index (χ2v) is 4.47. The lowest BCUT2D eigenvalue weighted by molar-refractivity contribution is -0.142. The second kappa shape index (κ2) is 5.67. The van der Waals surface area contributed by atoms with Gasteiger partial charge in [0.05, 0.1) is 12.8 Å². The highest BCUT2D eigenvalue weighted by molar-refractivity contribution is 5.78. The molecule has 0 aliphatic heterocycles. The van der Waals surface area contributed by atoms with Gasteiger partial charge >= 0.3 is 11.9 Å². The molecular formula is C14H16O4. The number of hydrogen-bond donors (Lipinski definition) is 1. The standard InChI is InChI=1S/C14H16O4/c15-13(16)8-9-14(17)18-12-7-3-5-10-4-1-2-6-11(10)12/h3,5,7H,1-2,4,6,8-9H2,(H,15,16). The predicted octanol–water partition coefficient (Wildman–Crippen LogP) is 2.34. The van der Waals surface area contributed by atoms with Gasteiger partial charge in [-0.05, 0) is 42.9 Å². The molecule has 1 aliphatic rings. The Bertz CT molecular complexity index is 465. The van der Waals surface area contributed by atoms with E-state index in [-0.39, 0.29) is 12.8 Å².